The first-order chi connectivity index (χ1) is 15.5. The summed E-state index contributed by atoms with van der Waals surface area (Å²) in [5, 5.41) is 3.16. The van der Waals surface area contributed by atoms with Crippen molar-refractivity contribution in [2.24, 2.45) is 0 Å². The van der Waals surface area contributed by atoms with Gasteiger partial charge in [-0.05, 0) is 37.8 Å². The van der Waals surface area contributed by atoms with E-state index in [0.717, 1.165) is 30.7 Å². The molecule has 9 nitrogen and oxygen atoms in total. The number of nitrogens with one attached hydrogen (secondary N) is 1. The Morgan fingerprint density at radius 1 is 1.09 bits per heavy atom. The molecule has 1 aliphatic rings. The van der Waals surface area contributed by atoms with Gasteiger partial charge < -0.3 is 19.1 Å². The Labute approximate surface area is 185 Å². The van der Waals surface area contributed by atoms with E-state index in [2.05, 4.69) is 10.1 Å². The van der Waals surface area contributed by atoms with Crippen LogP contribution in [-0.2, 0) is 6.42 Å². The summed E-state index contributed by atoms with van der Waals surface area (Å²) in [6.07, 6.45) is 3.37. The van der Waals surface area contributed by atoms with Gasteiger partial charge in [-0.25, -0.2) is 9.50 Å². The van der Waals surface area contributed by atoms with Gasteiger partial charge in [0.15, 0.2) is 17.1 Å². The standard InChI is InChI=1S/C23H28N4O5/c1-5-15-12-21(28)27-20(24-15)13-16(25-27)17-8-6-7-9-26(17)23(29)14-10-18(30-2)22(32-4)19(11-14)31-3/h10-13,17,25H,5-9H2,1-4H3/t17-/m0/s1. The molecular formula is C23H28N4O5. The quantitative estimate of drug-likeness (QED) is 0.633. The number of likely N-dealkylation sites (tertiary alicyclic amines) is 1. The fourth-order valence-corrected chi connectivity index (χ4v) is 4.28. The second-order valence-electron chi connectivity index (χ2n) is 7.77. The SMILES string of the molecule is CCc1cc(=O)n2[nH]c([C@@H]3CCCCN3C(=O)c3cc(OC)c(OC)c(OC)c3)cc2n1. The highest BCUT2D eigenvalue weighted by atomic mass is 16.5. The van der Waals surface area contributed by atoms with Crippen LogP contribution < -0.4 is 19.8 Å². The maximum atomic E-state index is 13.6. The van der Waals surface area contributed by atoms with E-state index in [0.29, 0.717) is 41.4 Å². The Balaban J connectivity index is 1.73. The Kier molecular flexibility index (Phi) is 6.07. The summed E-state index contributed by atoms with van der Waals surface area (Å²) >= 11 is 0. The number of hydrogen-bond donors (Lipinski definition) is 1. The molecule has 170 valence electrons. The highest BCUT2D eigenvalue weighted by Crippen LogP contribution is 2.39. The van der Waals surface area contributed by atoms with Crippen LogP contribution in [-0.4, -0.2) is 53.3 Å². The predicted molar refractivity (Wildman–Crippen MR) is 119 cm³/mol. The van der Waals surface area contributed by atoms with Crippen molar-refractivity contribution >= 4 is 11.6 Å². The summed E-state index contributed by atoms with van der Waals surface area (Å²) in [7, 11) is 4.57. The largest absolute Gasteiger partial charge is 0.493 e. The molecule has 1 saturated heterocycles. The summed E-state index contributed by atoms with van der Waals surface area (Å²) in [6, 6.07) is 6.54. The summed E-state index contributed by atoms with van der Waals surface area (Å²) in [5.41, 5.74) is 2.40. The number of aromatic nitrogens is 3. The fraction of sp³-hybridized carbons (Fsp3) is 0.435. The van der Waals surface area contributed by atoms with Crippen molar-refractivity contribution in [1.82, 2.24) is 19.5 Å². The second-order valence-corrected chi connectivity index (χ2v) is 7.77. The number of rotatable bonds is 6. The number of nitrogens with zero attached hydrogens (tertiary/aromatic N) is 3. The zero-order valence-corrected chi connectivity index (χ0v) is 18.8. The Bertz CT molecular complexity index is 1170. The molecule has 32 heavy (non-hydrogen) atoms. The third kappa shape index (κ3) is 3.79. The predicted octanol–water partition coefficient (Wildman–Crippen LogP) is 2.98. The molecule has 1 fully saturated rings. The molecule has 0 radical (unpaired) electrons. The van der Waals surface area contributed by atoms with Crippen molar-refractivity contribution in [3.63, 3.8) is 0 Å². The van der Waals surface area contributed by atoms with Gasteiger partial charge in [0.25, 0.3) is 11.5 Å². The number of methoxy groups -OCH3 is 3. The van der Waals surface area contributed by atoms with Crippen LogP contribution >= 0.6 is 0 Å². The van der Waals surface area contributed by atoms with E-state index in [9.17, 15) is 9.59 Å². The fourth-order valence-electron chi connectivity index (χ4n) is 4.28. The van der Waals surface area contributed by atoms with Crippen LogP contribution in [0.2, 0.25) is 0 Å². The molecule has 1 aromatic carbocycles. The normalized spacial score (nSPS) is 16.2. The van der Waals surface area contributed by atoms with Crippen molar-refractivity contribution < 1.29 is 19.0 Å². The van der Waals surface area contributed by atoms with Crippen LogP contribution in [0.3, 0.4) is 0 Å². The average Bonchev–Trinajstić information content (AvgIpc) is 3.27. The first-order valence-corrected chi connectivity index (χ1v) is 10.7. The number of carbonyl (C=O) groups excluding carboxylic acids is 1. The third-order valence-corrected chi connectivity index (χ3v) is 5.92. The molecule has 0 spiro atoms. The van der Waals surface area contributed by atoms with Gasteiger partial charge in [-0.3, -0.25) is 14.7 Å². The highest BCUT2D eigenvalue weighted by Gasteiger charge is 2.31. The van der Waals surface area contributed by atoms with Crippen LogP contribution in [0, 0.1) is 0 Å². The number of aryl methyl sites for hydroxylation is 1. The zero-order chi connectivity index (χ0) is 22.8. The number of H-pyrrole nitrogens is 1. The molecule has 3 aromatic rings. The molecule has 0 unspecified atom stereocenters. The lowest BCUT2D eigenvalue weighted by Crippen LogP contribution is -2.38. The molecule has 0 saturated carbocycles. The highest BCUT2D eigenvalue weighted by molar-refractivity contribution is 5.96. The van der Waals surface area contributed by atoms with Gasteiger partial charge in [0.1, 0.15) is 0 Å². The van der Waals surface area contributed by atoms with Gasteiger partial charge in [0.05, 0.1) is 33.1 Å². The number of ether oxygens (including phenoxy) is 3. The van der Waals surface area contributed by atoms with E-state index in [4.69, 9.17) is 14.2 Å². The van der Waals surface area contributed by atoms with Gasteiger partial charge in [-0.1, -0.05) is 6.92 Å². The molecule has 0 aliphatic carbocycles. The van der Waals surface area contributed by atoms with Crippen molar-refractivity contribution in [2.75, 3.05) is 27.9 Å². The molecule has 1 atom stereocenters. The lowest BCUT2D eigenvalue weighted by atomic mass is 9.98. The number of amides is 1. The lowest BCUT2D eigenvalue weighted by Gasteiger charge is -2.35. The maximum absolute atomic E-state index is 13.6. The number of piperidine rings is 1. The van der Waals surface area contributed by atoms with E-state index in [1.807, 2.05) is 17.9 Å². The molecule has 0 bridgehead atoms. The first-order valence-electron chi connectivity index (χ1n) is 10.7. The van der Waals surface area contributed by atoms with Crippen LogP contribution in [0.1, 0.15) is 54.0 Å². The van der Waals surface area contributed by atoms with Gasteiger partial charge >= 0.3 is 0 Å². The number of hydrogen-bond acceptors (Lipinski definition) is 6. The molecule has 2 aromatic heterocycles. The van der Waals surface area contributed by atoms with Gasteiger partial charge in [-0.15, -0.1) is 0 Å². The van der Waals surface area contributed by atoms with Crippen LogP contribution in [0.15, 0.2) is 29.1 Å². The number of benzene rings is 1. The molecular weight excluding hydrogens is 412 g/mol. The van der Waals surface area contributed by atoms with Crippen molar-refractivity contribution in [3.05, 3.63) is 51.6 Å². The minimum Gasteiger partial charge on any atom is -0.493 e. The van der Waals surface area contributed by atoms with Gasteiger partial charge in [0.2, 0.25) is 5.75 Å². The monoisotopic (exact) mass is 440 g/mol. The molecule has 9 heteroatoms. The van der Waals surface area contributed by atoms with Crippen molar-refractivity contribution in [1.29, 1.82) is 0 Å². The molecule has 1 aliphatic heterocycles. The minimum absolute atomic E-state index is 0.137. The maximum Gasteiger partial charge on any atom is 0.272 e. The van der Waals surface area contributed by atoms with Gasteiger partial charge in [0, 0.05) is 29.9 Å². The summed E-state index contributed by atoms with van der Waals surface area (Å²) in [4.78, 5) is 32.4. The molecule has 4 rings (SSSR count). The minimum atomic E-state index is -0.193. The zero-order valence-electron chi connectivity index (χ0n) is 18.8. The summed E-state index contributed by atoms with van der Waals surface area (Å²) in [5.74, 6) is 1.16. The third-order valence-electron chi connectivity index (χ3n) is 5.92. The Morgan fingerprint density at radius 3 is 2.44 bits per heavy atom. The Hall–Kier alpha value is -3.49. The molecule has 3 heterocycles. The van der Waals surface area contributed by atoms with E-state index < -0.39 is 0 Å². The molecule has 1 amide bonds. The van der Waals surface area contributed by atoms with E-state index in [1.165, 1.54) is 31.9 Å². The van der Waals surface area contributed by atoms with Crippen LogP contribution in [0.5, 0.6) is 17.2 Å². The van der Waals surface area contributed by atoms with E-state index in [1.54, 1.807) is 12.1 Å². The first kappa shape index (κ1) is 21.7. The molecule has 1 N–H and O–H groups in total. The summed E-state index contributed by atoms with van der Waals surface area (Å²) in [6.45, 7) is 2.57. The number of fused-ring (bicyclic) bond motifs is 1. The van der Waals surface area contributed by atoms with E-state index in [-0.39, 0.29) is 17.5 Å². The van der Waals surface area contributed by atoms with Gasteiger partial charge in [-0.2, -0.15) is 0 Å². The second kappa shape index (κ2) is 8.94. The van der Waals surface area contributed by atoms with Crippen molar-refractivity contribution in [2.45, 2.75) is 38.6 Å². The Morgan fingerprint density at radius 2 is 1.81 bits per heavy atom. The van der Waals surface area contributed by atoms with Crippen LogP contribution in [0.25, 0.3) is 5.65 Å². The van der Waals surface area contributed by atoms with Crippen LogP contribution in [0.4, 0.5) is 0 Å². The number of aromatic amines is 1. The average molecular weight is 441 g/mol. The lowest BCUT2D eigenvalue weighted by molar-refractivity contribution is 0.0605. The summed E-state index contributed by atoms with van der Waals surface area (Å²) < 4.78 is 17.6. The number of carbonyl (C=O) groups is 1. The van der Waals surface area contributed by atoms with Crippen molar-refractivity contribution in [3.8, 4) is 17.2 Å². The topological polar surface area (TPSA) is 98.2 Å². The van der Waals surface area contributed by atoms with E-state index >= 15 is 0 Å². The smallest absolute Gasteiger partial charge is 0.272 e.